The number of ether oxygens (including phenoxy) is 2. The first-order valence-electron chi connectivity index (χ1n) is 11.1. The minimum Gasteiger partial charge on any atom is -0.481 e. The number of aliphatic hydroxyl groups is 2. The lowest BCUT2D eigenvalue weighted by Crippen LogP contribution is -2.55. The third-order valence-corrected chi connectivity index (χ3v) is 6.99. The second-order valence-electron chi connectivity index (χ2n) is 8.55. The number of allylic oxidation sites excluding steroid dienone is 3. The van der Waals surface area contributed by atoms with E-state index in [0.717, 1.165) is 5.56 Å². The van der Waals surface area contributed by atoms with Crippen molar-refractivity contribution in [1.29, 1.82) is 10.5 Å². The summed E-state index contributed by atoms with van der Waals surface area (Å²) in [5, 5.41) is 42.9. The molecule has 178 valence electrons. The van der Waals surface area contributed by atoms with Crippen molar-refractivity contribution >= 4 is 0 Å². The van der Waals surface area contributed by atoms with Gasteiger partial charge in [0.05, 0.1) is 24.8 Å². The molecule has 2 heterocycles. The average Bonchev–Trinajstić information content (AvgIpc) is 3.26. The maximum atomic E-state index is 12.5. The summed E-state index contributed by atoms with van der Waals surface area (Å²) in [6, 6.07) is 14.8. The van der Waals surface area contributed by atoms with Gasteiger partial charge in [-0.15, -0.1) is 0 Å². The number of aliphatic hydroxyl groups excluding tert-OH is 1. The summed E-state index contributed by atoms with van der Waals surface area (Å²) in [7, 11) is 1.36. The van der Waals surface area contributed by atoms with Crippen LogP contribution < -0.4 is 15.2 Å². The topological polar surface area (TPSA) is 145 Å². The Labute approximate surface area is 203 Å². The predicted molar refractivity (Wildman–Crippen MR) is 128 cm³/mol. The zero-order chi connectivity index (χ0) is 25.4. The first-order valence-corrected chi connectivity index (χ1v) is 11.1. The van der Waals surface area contributed by atoms with Crippen LogP contribution in [0.2, 0.25) is 0 Å². The average molecular weight is 471 g/mol. The zero-order valence-electron chi connectivity index (χ0n) is 19.5. The van der Waals surface area contributed by atoms with Crippen LogP contribution in [0.3, 0.4) is 0 Å². The van der Waals surface area contributed by atoms with Gasteiger partial charge >= 0.3 is 0 Å². The number of nitrogens with zero attached hydrogens (tertiary/aromatic N) is 3. The SMILES string of the molecule is C=C(/C=C\C(C#N)=C/C)[C@@]12Oc3cc(C#N)nc(OC)c3[C@]1(O)[C@H](O)[C@H](CN)[C@H]2c1ccccc1. The second-order valence-corrected chi connectivity index (χ2v) is 8.55. The van der Waals surface area contributed by atoms with Gasteiger partial charge in [0.15, 0.2) is 11.2 Å². The third-order valence-electron chi connectivity index (χ3n) is 6.99. The molecule has 0 amide bonds. The second kappa shape index (κ2) is 9.01. The van der Waals surface area contributed by atoms with Crippen LogP contribution in [0.5, 0.6) is 11.6 Å². The quantitative estimate of drug-likeness (QED) is 0.431. The summed E-state index contributed by atoms with van der Waals surface area (Å²) >= 11 is 0. The number of aromatic nitrogens is 1. The van der Waals surface area contributed by atoms with E-state index in [0.29, 0.717) is 11.1 Å². The van der Waals surface area contributed by atoms with Gasteiger partial charge in [-0.2, -0.15) is 10.5 Å². The van der Waals surface area contributed by atoms with E-state index in [2.05, 4.69) is 17.6 Å². The van der Waals surface area contributed by atoms with Gasteiger partial charge in [0.2, 0.25) is 5.88 Å². The highest BCUT2D eigenvalue weighted by atomic mass is 16.5. The number of pyridine rings is 1. The molecule has 0 bridgehead atoms. The summed E-state index contributed by atoms with van der Waals surface area (Å²) in [5.41, 5.74) is 4.10. The van der Waals surface area contributed by atoms with Gasteiger partial charge in [0.1, 0.15) is 17.5 Å². The first-order chi connectivity index (χ1) is 16.8. The first kappa shape index (κ1) is 24.2. The van der Waals surface area contributed by atoms with Crippen LogP contribution in [-0.2, 0) is 5.60 Å². The van der Waals surface area contributed by atoms with Gasteiger partial charge in [-0.05, 0) is 30.7 Å². The largest absolute Gasteiger partial charge is 0.481 e. The van der Waals surface area contributed by atoms with Crippen LogP contribution in [0.25, 0.3) is 0 Å². The molecule has 5 atom stereocenters. The molecule has 1 aliphatic carbocycles. The van der Waals surface area contributed by atoms with Crippen LogP contribution in [-0.4, -0.2) is 40.6 Å². The summed E-state index contributed by atoms with van der Waals surface area (Å²) < 4.78 is 12.0. The van der Waals surface area contributed by atoms with E-state index in [1.54, 1.807) is 25.2 Å². The molecular formula is C27H26N4O4. The fourth-order valence-electron chi connectivity index (χ4n) is 5.46. The van der Waals surface area contributed by atoms with E-state index in [9.17, 15) is 20.7 Å². The molecule has 4 N–H and O–H groups in total. The molecule has 0 radical (unpaired) electrons. The maximum Gasteiger partial charge on any atom is 0.224 e. The third kappa shape index (κ3) is 3.27. The Balaban J connectivity index is 2.05. The molecule has 1 saturated carbocycles. The molecular weight excluding hydrogens is 444 g/mol. The molecule has 1 aliphatic heterocycles. The van der Waals surface area contributed by atoms with Gasteiger partial charge in [0, 0.05) is 23.5 Å². The molecule has 0 unspecified atom stereocenters. The Bertz CT molecular complexity index is 1310. The molecule has 0 spiro atoms. The zero-order valence-corrected chi connectivity index (χ0v) is 19.5. The van der Waals surface area contributed by atoms with E-state index in [-0.39, 0.29) is 29.4 Å². The van der Waals surface area contributed by atoms with Crippen molar-refractivity contribution in [2.75, 3.05) is 13.7 Å². The Morgan fingerprint density at radius 3 is 2.60 bits per heavy atom. The minimum absolute atomic E-state index is 0.0299. The summed E-state index contributed by atoms with van der Waals surface area (Å²) in [5.74, 6) is -1.13. The van der Waals surface area contributed by atoms with Crippen LogP contribution in [0.1, 0.15) is 29.7 Å². The molecule has 0 saturated heterocycles. The number of nitrogens with two attached hydrogens (primary N) is 1. The van der Waals surface area contributed by atoms with Crippen LogP contribution >= 0.6 is 0 Å². The lowest BCUT2D eigenvalue weighted by atomic mass is 9.70. The Hall–Kier alpha value is -3.95. The fraction of sp³-hybridized carbons (Fsp3) is 0.296. The number of methoxy groups -OCH3 is 1. The standard InChI is InChI=1S/C27H26N4O4/c1-4-17(13-28)11-10-16(2)27-22(18-8-6-5-7-9-18)20(15-30)24(32)26(27,33)23-21(35-27)12-19(14-29)31-25(23)34-3/h4-12,20,22,24,32-33H,2,15,30H2,1,3H3/b11-10-,17-4+/t20-,22-,24-,26+,27+/m1/s1. The molecule has 1 aromatic carbocycles. The molecule has 35 heavy (non-hydrogen) atoms. The molecule has 2 aromatic rings. The number of hydrogen-bond acceptors (Lipinski definition) is 8. The van der Waals surface area contributed by atoms with E-state index in [1.165, 1.54) is 13.2 Å². The monoisotopic (exact) mass is 470 g/mol. The van der Waals surface area contributed by atoms with E-state index < -0.39 is 29.1 Å². The number of nitriles is 2. The highest BCUT2D eigenvalue weighted by molar-refractivity contribution is 5.62. The Morgan fingerprint density at radius 2 is 2.03 bits per heavy atom. The number of rotatable bonds is 6. The Morgan fingerprint density at radius 1 is 1.31 bits per heavy atom. The van der Waals surface area contributed by atoms with Crippen molar-refractivity contribution < 1.29 is 19.7 Å². The van der Waals surface area contributed by atoms with Crippen molar-refractivity contribution in [2.24, 2.45) is 11.7 Å². The Kier molecular flexibility index (Phi) is 6.23. The lowest BCUT2D eigenvalue weighted by Gasteiger charge is -2.41. The van der Waals surface area contributed by atoms with E-state index in [4.69, 9.17) is 15.2 Å². The fourth-order valence-corrected chi connectivity index (χ4v) is 5.46. The minimum atomic E-state index is -2.07. The maximum absolute atomic E-state index is 12.5. The molecule has 4 rings (SSSR count). The summed E-state index contributed by atoms with van der Waals surface area (Å²) in [6.07, 6.45) is 3.43. The molecule has 1 aromatic heterocycles. The van der Waals surface area contributed by atoms with Gasteiger partial charge in [-0.1, -0.05) is 49.1 Å². The van der Waals surface area contributed by atoms with Crippen molar-refractivity contribution in [2.45, 2.75) is 30.1 Å². The van der Waals surface area contributed by atoms with Crippen molar-refractivity contribution in [3.05, 3.63) is 89.2 Å². The normalized spacial score (nSPS) is 29.1. The van der Waals surface area contributed by atoms with Crippen molar-refractivity contribution in [1.82, 2.24) is 4.98 Å². The van der Waals surface area contributed by atoms with Gasteiger partial charge in [-0.25, -0.2) is 4.98 Å². The molecule has 8 heteroatoms. The van der Waals surface area contributed by atoms with E-state index in [1.807, 2.05) is 36.4 Å². The predicted octanol–water partition coefficient (Wildman–Crippen LogP) is 2.60. The summed E-state index contributed by atoms with van der Waals surface area (Å²) in [6.45, 7) is 6.01. The molecule has 2 aliphatic rings. The van der Waals surface area contributed by atoms with Gasteiger partial charge in [0.25, 0.3) is 0 Å². The van der Waals surface area contributed by atoms with E-state index >= 15 is 0 Å². The smallest absolute Gasteiger partial charge is 0.224 e. The van der Waals surface area contributed by atoms with Gasteiger partial charge in [-0.3, -0.25) is 0 Å². The number of fused-ring (bicyclic) bond motifs is 3. The number of hydrogen-bond donors (Lipinski definition) is 3. The highest BCUT2D eigenvalue weighted by Gasteiger charge is 2.76. The molecule has 8 nitrogen and oxygen atoms in total. The highest BCUT2D eigenvalue weighted by Crippen LogP contribution is 2.67. The van der Waals surface area contributed by atoms with Crippen LogP contribution in [0, 0.1) is 28.6 Å². The van der Waals surface area contributed by atoms with Crippen LogP contribution in [0.4, 0.5) is 0 Å². The van der Waals surface area contributed by atoms with Gasteiger partial charge < -0.3 is 25.4 Å². The van der Waals surface area contributed by atoms with Crippen molar-refractivity contribution in [3.8, 4) is 23.8 Å². The molecule has 1 fully saturated rings. The van der Waals surface area contributed by atoms with Crippen molar-refractivity contribution in [3.63, 3.8) is 0 Å². The summed E-state index contributed by atoms with van der Waals surface area (Å²) in [4.78, 5) is 4.20. The lowest BCUT2D eigenvalue weighted by molar-refractivity contribution is -0.130. The van der Waals surface area contributed by atoms with Crippen LogP contribution in [0.15, 0.2) is 72.4 Å². The number of benzene rings is 1.